The van der Waals surface area contributed by atoms with Crippen LogP contribution in [0.3, 0.4) is 0 Å². The molecule has 3 aromatic carbocycles. The predicted octanol–water partition coefficient (Wildman–Crippen LogP) is 5.98. The molecule has 0 saturated heterocycles. The van der Waals surface area contributed by atoms with Gasteiger partial charge in [-0.25, -0.2) is 8.42 Å². The van der Waals surface area contributed by atoms with Gasteiger partial charge in [0, 0.05) is 16.2 Å². The Balaban J connectivity index is 1.57. The summed E-state index contributed by atoms with van der Waals surface area (Å²) in [6, 6.07) is 23.4. The molecule has 32 heavy (non-hydrogen) atoms. The summed E-state index contributed by atoms with van der Waals surface area (Å²) in [6.45, 7) is 1.95. The molecule has 1 heterocycles. The first-order chi connectivity index (χ1) is 15.3. The lowest BCUT2D eigenvalue weighted by atomic mass is 10.1. The van der Waals surface area contributed by atoms with Crippen LogP contribution in [-0.2, 0) is 10.0 Å². The van der Waals surface area contributed by atoms with Crippen molar-refractivity contribution in [3.05, 3.63) is 93.8 Å². The number of nitrogens with zero attached hydrogens (tertiary/aromatic N) is 1. The number of nitrogens with one attached hydrogen (secondary N) is 1. The number of benzene rings is 3. The van der Waals surface area contributed by atoms with Gasteiger partial charge >= 0.3 is 0 Å². The van der Waals surface area contributed by atoms with Gasteiger partial charge in [0.25, 0.3) is 15.9 Å². The van der Waals surface area contributed by atoms with Gasteiger partial charge in [0.2, 0.25) is 0 Å². The summed E-state index contributed by atoms with van der Waals surface area (Å²) in [5.41, 5.74) is 1.56. The van der Waals surface area contributed by atoms with Gasteiger partial charge in [-0.2, -0.15) is 0 Å². The van der Waals surface area contributed by atoms with Crippen molar-refractivity contribution in [2.75, 3.05) is 11.4 Å². The highest BCUT2D eigenvalue weighted by Crippen LogP contribution is 2.31. The number of thiophene rings is 1. The molecule has 164 valence electrons. The van der Waals surface area contributed by atoms with E-state index in [0.717, 1.165) is 20.1 Å². The Kier molecular flexibility index (Phi) is 6.37. The number of rotatable bonds is 6. The molecular formula is C24H21BrN2O3S2. The maximum absolute atomic E-state index is 13.0. The predicted molar refractivity (Wildman–Crippen MR) is 134 cm³/mol. The fourth-order valence-corrected chi connectivity index (χ4v) is 5.73. The molecule has 1 N–H and O–H groups in total. The van der Waals surface area contributed by atoms with Crippen molar-refractivity contribution in [2.45, 2.75) is 17.9 Å². The second-order valence-corrected chi connectivity index (χ2v) is 11.3. The zero-order chi connectivity index (χ0) is 22.9. The minimum Gasteiger partial charge on any atom is -0.345 e. The molecule has 5 nitrogen and oxygen atoms in total. The summed E-state index contributed by atoms with van der Waals surface area (Å²) in [4.78, 5) is 13.6. The minimum absolute atomic E-state index is 0.119. The van der Waals surface area contributed by atoms with Crippen LogP contribution in [0.5, 0.6) is 0 Å². The third-order valence-electron chi connectivity index (χ3n) is 5.21. The quantitative estimate of drug-likeness (QED) is 0.334. The molecule has 1 aromatic heterocycles. The molecule has 1 atom stereocenters. The van der Waals surface area contributed by atoms with Crippen LogP contribution in [0.2, 0.25) is 0 Å². The Hall–Kier alpha value is -2.68. The van der Waals surface area contributed by atoms with E-state index in [0.29, 0.717) is 10.6 Å². The summed E-state index contributed by atoms with van der Waals surface area (Å²) >= 11 is 4.71. The number of carbonyl (C=O) groups excluding carboxylic acids is 1. The van der Waals surface area contributed by atoms with Crippen molar-refractivity contribution in [3.63, 3.8) is 0 Å². The number of anilines is 1. The topological polar surface area (TPSA) is 66.5 Å². The van der Waals surface area contributed by atoms with Crippen molar-refractivity contribution in [3.8, 4) is 0 Å². The van der Waals surface area contributed by atoms with Crippen LogP contribution in [0.15, 0.2) is 88.2 Å². The molecule has 0 aliphatic heterocycles. The van der Waals surface area contributed by atoms with Crippen LogP contribution in [-0.4, -0.2) is 21.4 Å². The van der Waals surface area contributed by atoms with Crippen LogP contribution in [0.25, 0.3) is 10.1 Å². The Morgan fingerprint density at radius 3 is 2.38 bits per heavy atom. The summed E-state index contributed by atoms with van der Waals surface area (Å²) in [7, 11) is -2.17. The lowest BCUT2D eigenvalue weighted by Gasteiger charge is -2.19. The molecule has 0 aliphatic carbocycles. The van der Waals surface area contributed by atoms with Crippen LogP contribution in [0.4, 0.5) is 5.69 Å². The van der Waals surface area contributed by atoms with Gasteiger partial charge < -0.3 is 5.32 Å². The first kappa shape index (κ1) is 22.5. The number of fused-ring (bicyclic) bond motifs is 1. The first-order valence-electron chi connectivity index (χ1n) is 9.89. The molecule has 0 bridgehead atoms. The molecule has 1 amide bonds. The number of hydrogen-bond donors (Lipinski definition) is 1. The van der Waals surface area contributed by atoms with Crippen molar-refractivity contribution in [1.29, 1.82) is 0 Å². The Labute approximate surface area is 199 Å². The second-order valence-electron chi connectivity index (χ2n) is 7.37. The molecule has 0 saturated carbocycles. The van der Waals surface area contributed by atoms with Gasteiger partial charge in [-0.1, -0.05) is 46.3 Å². The van der Waals surface area contributed by atoms with E-state index in [1.807, 2.05) is 43.3 Å². The van der Waals surface area contributed by atoms with E-state index in [9.17, 15) is 13.2 Å². The largest absolute Gasteiger partial charge is 0.345 e. The van der Waals surface area contributed by atoms with Crippen LogP contribution >= 0.6 is 27.3 Å². The van der Waals surface area contributed by atoms with Gasteiger partial charge in [-0.05, 0) is 66.4 Å². The maximum Gasteiger partial charge on any atom is 0.264 e. The highest BCUT2D eigenvalue weighted by Gasteiger charge is 2.22. The highest BCUT2D eigenvalue weighted by molar-refractivity contribution is 9.10. The van der Waals surface area contributed by atoms with Crippen molar-refractivity contribution >= 4 is 59.0 Å². The van der Waals surface area contributed by atoms with E-state index < -0.39 is 10.0 Å². The van der Waals surface area contributed by atoms with Crippen molar-refractivity contribution in [2.24, 2.45) is 0 Å². The number of halogens is 1. The Morgan fingerprint density at radius 2 is 1.69 bits per heavy atom. The van der Waals surface area contributed by atoms with Gasteiger partial charge in [0.05, 0.1) is 21.5 Å². The molecular weight excluding hydrogens is 508 g/mol. The van der Waals surface area contributed by atoms with E-state index >= 15 is 0 Å². The zero-order valence-corrected chi connectivity index (χ0v) is 20.7. The Bertz CT molecular complexity index is 1370. The Morgan fingerprint density at radius 1 is 1.00 bits per heavy atom. The average molecular weight is 529 g/mol. The van der Waals surface area contributed by atoms with Crippen molar-refractivity contribution < 1.29 is 13.2 Å². The molecule has 8 heteroatoms. The SMILES string of the molecule is C[C@@H](NC(=O)c1cc2cc(N(C)S(=O)(=O)c3ccc(Br)cc3)ccc2s1)c1ccccc1. The average Bonchev–Trinajstić information content (AvgIpc) is 3.23. The molecule has 0 radical (unpaired) electrons. The van der Waals surface area contributed by atoms with E-state index in [1.165, 1.54) is 22.7 Å². The summed E-state index contributed by atoms with van der Waals surface area (Å²) in [5, 5.41) is 3.84. The summed E-state index contributed by atoms with van der Waals surface area (Å²) in [5.74, 6) is -0.153. The normalized spacial score (nSPS) is 12.5. The van der Waals surface area contributed by atoms with E-state index in [4.69, 9.17) is 0 Å². The highest BCUT2D eigenvalue weighted by atomic mass is 79.9. The molecule has 4 aromatic rings. The lowest BCUT2D eigenvalue weighted by Crippen LogP contribution is -2.26. The van der Waals surface area contributed by atoms with E-state index in [1.54, 1.807) is 42.5 Å². The van der Waals surface area contributed by atoms with Crippen LogP contribution in [0.1, 0.15) is 28.2 Å². The van der Waals surface area contributed by atoms with E-state index in [2.05, 4.69) is 21.2 Å². The molecule has 4 rings (SSSR count). The van der Waals surface area contributed by atoms with Crippen molar-refractivity contribution in [1.82, 2.24) is 5.32 Å². The molecule has 0 fully saturated rings. The lowest BCUT2D eigenvalue weighted by molar-refractivity contribution is 0.0944. The molecule has 0 unspecified atom stereocenters. The minimum atomic E-state index is -3.70. The van der Waals surface area contributed by atoms with E-state index in [-0.39, 0.29) is 16.8 Å². The summed E-state index contributed by atoms with van der Waals surface area (Å²) < 4.78 is 29.0. The zero-order valence-electron chi connectivity index (χ0n) is 17.4. The van der Waals surface area contributed by atoms with Crippen LogP contribution < -0.4 is 9.62 Å². The number of amides is 1. The fourth-order valence-electron chi connectivity index (χ4n) is 3.33. The van der Waals surface area contributed by atoms with Gasteiger partial charge in [0.1, 0.15) is 0 Å². The summed E-state index contributed by atoms with van der Waals surface area (Å²) in [6.07, 6.45) is 0. The van der Waals surface area contributed by atoms with Crippen LogP contribution in [0, 0.1) is 0 Å². The van der Waals surface area contributed by atoms with Gasteiger partial charge in [-0.15, -0.1) is 11.3 Å². The number of hydrogen-bond acceptors (Lipinski definition) is 4. The van der Waals surface area contributed by atoms with Gasteiger partial charge in [0.15, 0.2) is 0 Å². The standard InChI is InChI=1S/C24H21BrN2O3S2/c1-16(17-6-4-3-5-7-17)26-24(28)23-15-18-14-20(10-13-22(18)31-23)27(2)32(29,30)21-11-8-19(25)9-12-21/h3-16H,1-2H3,(H,26,28)/t16-/m1/s1. The smallest absolute Gasteiger partial charge is 0.264 e. The van der Waals surface area contributed by atoms with Gasteiger partial charge in [-0.3, -0.25) is 9.10 Å². The second kappa shape index (κ2) is 9.05. The number of sulfonamides is 1. The number of carbonyl (C=O) groups is 1. The third kappa shape index (κ3) is 4.57. The fraction of sp³-hybridized carbons (Fsp3) is 0.125. The first-order valence-corrected chi connectivity index (χ1v) is 12.9. The third-order valence-corrected chi connectivity index (χ3v) is 8.65. The maximum atomic E-state index is 13.0. The molecule has 0 aliphatic rings. The molecule has 0 spiro atoms. The monoisotopic (exact) mass is 528 g/mol.